The zero-order valence-corrected chi connectivity index (χ0v) is 24.6. The maximum atomic E-state index is 6.23. The first kappa shape index (κ1) is 26.0. The summed E-state index contributed by atoms with van der Waals surface area (Å²) in [6.07, 6.45) is 0. The monoisotopic (exact) mass is 591 g/mol. The third-order valence-corrected chi connectivity index (χ3v) is 8.29. The van der Waals surface area contributed by atoms with Gasteiger partial charge in [0, 0.05) is 38.7 Å². The first-order chi connectivity index (χ1) is 22.8. The summed E-state index contributed by atoms with van der Waals surface area (Å²) in [5.41, 5.74) is 8.54. The Bertz CT molecular complexity index is 2440. The van der Waals surface area contributed by atoms with Crippen LogP contribution in [-0.2, 0) is 0 Å². The average molecular weight is 592 g/mol. The number of hydrogen-bond donors (Lipinski definition) is 0. The molecule has 6 aromatic carbocycles. The van der Waals surface area contributed by atoms with Crippen LogP contribution in [0.5, 0.6) is 0 Å². The van der Waals surface area contributed by atoms with Gasteiger partial charge >= 0.3 is 0 Å². The van der Waals surface area contributed by atoms with Gasteiger partial charge in [0.05, 0.1) is 11.0 Å². The van der Waals surface area contributed by atoms with Gasteiger partial charge in [-0.3, -0.25) is 0 Å². The van der Waals surface area contributed by atoms with Crippen molar-refractivity contribution in [2.75, 3.05) is 0 Å². The molecule has 0 saturated carbocycles. The molecule has 0 aliphatic heterocycles. The molecule has 0 saturated heterocycles. The van der Waals surface area contributed by atoms with E-state index < -0.39 is 0 Å². The first-order valence-electron chi connectivity index (χ1n) is 15.2. The first-order valence-corrected chi connectivity index (χ1v) is 15.2. The van der Waals surface area contributed by atoms with E-state index in [4.69, 9.17) is 24.4 Å². The van der Waals surface area contributed by atoms with Crippen molar-refractivity contribution in [2.24, 2.45) is 0 Å². The molecule has 0 atom stereocenters. The van der Waals surface area contributed by atoms with Crippen LogP contribution >= 0.6 is 0 Å². The number of rotatable bonds is 5. The van der Waals surface area contributed by atoms with Gasteiger partial charge in [-0.2, -0.15) is 0 Å². The van der Waals surface area contributed by atoms with Gasteiger partial charge in [0.25, 0.3) is 0 Å². The minimum absolute atomic E-state index is 0.616. The zero-order chi connectivity index (χ0) is 30.5. The molecule has 0 amide bonds. The molecule has 216 valence electrons. The second-order valence-electron chi connectivity index (χ2n) is 11.2. The molecule has 9 aromatic rings. The summed E-state index contributed by atoms with van der Waals surface area (Å²) >= 11 is 0. The lowest BCUT2D eigenvalue weighted by atomic mass is 10.1. The molecule has 46 heavy (non-hydrogen) atoms. The van der Waals surface area contributed by atoms with Gasteiger partial charge in [-0.1, -0.05) is 97.1 Å². The van der Waals surface area contributed by atoms with E-state index in [1.807, 2.05) is 91.0 Å². The van der Waals surface area contributed by atoms with Crippen molar-refractivity contribution in [2.45, 2.75) is 0 Å². The Morgan fingerprint density at radius 3 is 1.54 bits per heavy atom. The van der Waals surface area contributed by atoms with Crippen molar-refractivity contribution in [3.8, 4) is 51.3 Å². The van der Waals surface area contributed by atoms with Crippen LogP contribution in [-0.4, -0.2) is 24.5 Å². The smallest absolute Gasteiger partial charge is 0.227 e. The fourth-order valence-electron chi connectivity index (χ4n) is 6.07. The summed E-state index contributed by atoms with van der Waals surface area (Å²) in [5.74, 6) is 2.52. The van der Waals surface area contributed by atoms with Crippen LogP contribution in [0.15, 0.2) is 156 Å². The van der Waals surface area contributed by atoms with E-state index in [0.717, 1.165) is 60.8 Å². The lowest BCUT2D eigenvalue weighted by Gasteiger charge is -2.10. The molecule has 0 unspecified atom stereocenters. The molecule has 0 fully saturated rings. The molecule has 0 spiro atoms. The Morgan fingerprint density at radius 2 is 0.935 bits per heavy atom. The molecule has 9 rings (SSSR count). The lowest BCUT2D eigenvalue weighted by Crippen LogP contribution is -2.00. The summed E-state index contributed by atoms with van der Waals surface area (Å²) in [4.78, 5) is 19.5. The normalized spacial score (nSPS) is 11.5. The molecular formula is C40H25N5O. The van der Waals surface area contributed by atoms with Gasteiger partial charge in [-0.15, -0.1) is 0 Å². The molecule has 0 N–H and O–H groups in total. The van der Waals surface area contributed by atoms with Crippen LogP contribution in [0.1, 0.15) is 0 Å². The van der Waals surface area contributed by atoms with E-state index in [9.17, 15) is 0 Å². The standard InChI is InChI=1S/C40H25N5O/c1-4-12-26(13-5-1)37-42-38(27-14-6-2-7-15-27)44-39(43-37)28-20-22-30(23-21-28)45-34-19-11-10-18-31(34)32-24-36-33(25-35(32)45)41-40(46-36)29-16-8-3-9-17-29/h1-25H. The maximum absolute atomic E-state index is 6.23. The van der Waals surface area contributed by atoms with Crippen molar-refractivity contribution in [3.63, 3.8) is 0 Å². The Hall–Kier alpha value is -6.40. The van der Waals surface area contributed by atoms with E-state index in [1.54, 1.807) is 0 Å². The fraction of sp³-hybridized carbons (Fsp3) is 0. The Labute approximate surface area is 264 Å². The second-order valence-corrected chi connectivity index (χ2v) is 11.2. The van der Waals surface area contributed by atoms with E-state index >= 15 is 0 Å². The van der Waals surface area contributed by atoms with E-state index in [0.29, 0.717) is 23.4 Å². The zero-order valence-electron chi connectivity index (χ0n) is 24.6. The highest BCUT2D eigenvalue weighted by molar-refractivity contribution is 6.12. The minimum atomic E-state index is 0.616. The SMILES string of the molecule is c1ccc(-c2nc(-c3ccccc3)nc(-c3ccc(-n4c5ccccc5c5cc6oc(-c7ccccc7)nc6cc54)cc3)n2)cc1. The number of benzene rings is 6. The van der Waals surface area contributed by atoms with Crippen molar-refractivity contribution < 1.29 is 4.42 Å². The van der Waals surface area contributed by atoms with Crippen LogP contribution in [0.25, 0.3) is 84.2 Å². The minimum Gasteiger partial charge on any atom is -0.436 e. The predicted octanol–water partition coefficient (Wildman–Crippen LogP) is 9.78. The number of nitrogens with zero attached hydrogens (tertiary/aromatic N) is 5. The van der Waals surface area contributed by atoms with E-state index in [1.165, 1.54) is 0 Å². The van der Waals surface area contributed by atoms with Gasteiger partial charge in [0.2, 0.25) is 5.89 Å². The summed E-state index contributed by atoms with van der Waals surface area (Å²) in [6, 6.07) is 51.2. The van der Waals surface area contributed by atoms with E-state index in [2.05, 4.69) is 65.2 Å². The van der Waals surface area contributed by atoms with Gasteiger partial charge in [-0.25, -0.2) is 19.9 Å². The van der Waals surface area contributed by atoms with Crippen LogP contribution in [0.4, 0.5) is 0 Å². The van der Waals surface area contributed by atoms with Gasteiger partial charge in [-0.05, 0) is 54.6 Å². The molecule has 0 bridgehead atoms. The summed E-state index contributed by atoms with van der Waals surface area (Å²) in [5, 5.41) is 2.26. The van der Waals surface area contributed by atoms with E-state index in [-0.39, 0.29) is 0 Å². The van der Waals surface area contributed by atoms with Gasteiger partial charge < -0.3 is 8.98 Å². The molecular weight excluding hydrogens is 566 g/mol. The predicted molar refractivity (Wildman–Crippen MR) is 183 cm³/mol. The molecule has 0 aliphatic rings. The Kier molecular flexibility index (Phi) is 6.03. The topological polar surface area (TPSA) is 69.6 Å². The highest BCUT2D eigenvalue weighted by Gasteiger charge is 2.17. The molecule has 0 aliphatic carbocycles. The van der Waals surface area contributed by atoms with Crippen LogP contribution in [0.3, 0.4) is 0 Å². The van der Waals surface area contributed by atoms with Crippen LogP contribution < -0.4 is 0 Å². The third kappa shape index (κ3) is 4.43. The molecule has 6 heteroatoms. The number of fused-ring (bicyclic) bond motifs is 4. The van der Waals surface area contributed by atoms with Gasteiger partial charge in [0.15, 0.2) is 23.1 Å². The molecule has 0 radical (unpaired) electrons. The molecule has 3 heterocycles. The number of oxazole rings is 1. The summed E-state index contributed by atoms with van der Waals surface area (Å²) in [7, 11) is 0. The average Bonchev–Trinajstić information content (AvgIpc) is 3.70. The third-order valence-electron chi connectivity index (χ3n) is 8.29. The summed E-state index contributed by atoms with van der Waals surface area (Å²) < 4.78 is 8.52. The van der Waals surface area contributed by atoms with Crippen molar-refractivity contribution >= 4 is 32.9 Å². The van der Waals surface area contributed by atoms with Crippen molar-refractivity contribution in [1.29, 1.82) is 0 Å². The number of para-hydroxylation sites is 1. The highest BCUT2D eigenvalue weighted by Crippen LogP contribution is 2.36. The van der Waals surface area contributed by atoms with Crippen LogP contribution in [0, 0.1) is 0 Å². The quantitative estimate of drug-likeness (QED) is 0.199. The van der Waals surface area contributed by atoms with Crippen LogP contribution in [0.2, 0.25) is 0 Å². The van der Waals surface area contributed by atoms with Crippen molar-refractivity contribution in [1.82, 2.24) is 24.5 Å². The maximum Gasteiger partial charge on any atom is 0.227 e. The number of hydrogen-bond acceptors (Lipinski definition) is 5. The van der Waals surface area contributed by atoms with Crippen molar-refractivity contribution in [3.05, 3.63) is 152 Å². The molecule has 6 nitrogen and oxygen atoms in total. The fourth-order valence-corrected chi connectivity index (χ4v) is 6.07. The largest absolute Gasteiger partial charge is 0.436 e. The number of aromatic nitrogens is 5. The summed E-state index contributed by atoms with van der Waals surface area (Å²) in [6.45, 7) is 0. The molecule has 3 aromatic heterocycles. The Balaban J connectivity index is 1.18. The highest BCUT2D eigenvalue weighted by atomic mass is 16.3. The Morgan fingerprint density at radius 1 is 0.413 bits per heavy atom. The van der Waals surface area contributed by atoms with Gasteiger partial charge in [0.1, 0.15) is 5.52 Å². The lowest BCUT2D eigenvalue weighted by molar-refractivity contribution is 0.620. The second kappa shape index (κ2) is 10.6.